The second-order valence-corrected chi connectivity index (χ2v) is 5.83. The maximum atomic E-state index is 11.1. The van der Waals surface area contributed by atoms with Crippen molar-refractivity contribution in [2.75, 3.05) is 20.2 Å². The van der Waals surface area contributed by atoms with Gasteiger partial charge in [0.2, 0.25) is 5.91 Å². The van der Waals surface area contributed by atoms with Crippen LogP contribution >= 0.6 is 0 Å². The molecule has 1 heterocycles. The molecule has 1 amide bonds. The second-order valence-electron chi connectivity index (χ2n) is 5.83. The molecule has 1 unspecified atom stereocenters. The lowest BCUT2D eigenvalue weighted by molar-refractivity contribution is -0.125. The highest BCUT2D eigenvalue weighted by Gasteiger charge is 2.34. The van der Waals surface area contributed by atoms with Gasteiger partial charge in [-0.15, -0.1) is 0 Å². The van der Waals surface area contributed by atoms with Gasteiger partial charge in [-0.1, -0.05) is 6.07 Å². The van der Waals surface area contributed by atoms with Crippen molar-refractivity contribution in [1.29, 1.82) is 5.26 Å². The Labute approximate surface area is 130 Å². The normalized spacial score (nSPS) is 22.0. The smallest absolute Gasteiger partial charge is 0.220 e. The zero-order valence-electron chi connectivity index (χ0n) is 12.7. The Morgan fingerprint density at radius 2 is 2.36 bits per heavy atom. The topological polar surface area (TPSA) is 99.6 Å². The first kappa shape index (κ1) is 16.3. The number of likely N-dealkylation sites (tertiary alicyclic amines) is 1. The number of nitriles is 1. The molecule has 2 rings (SSSR count). The number of hydrogen-bond acceptors (Lipinski definition) is 5. The van der Waals surface area contributed by atoms with Crippen LogP contribution in [-0.4, -0.2) is 41.7 Å². The van der Waals surface area contributed by atoms with Gasteiger partial charge in [0.15, 0.2) is 0 Å². The van der Waals surface area contributed by atoms with E-state index in [0.717, 1.165) is 18.5 Å². The summed E-state index contributed by atoms with van der Waals surface area (Å²) in [6.45, 7) is 1.89. The molecule has 6 heteroatoms. The summed E-state index contributed by atoms with van der Waals surface area (Å²) in [5.41, 5.74) is 5.67. The number of β-amino-alcohol motifs (C(OH)–C–C–N with tert-alkyl or cyclic N) is 1. The summed E-state index contributed by atoms with van der Waals surface area (Å²) in [4.78, 5) is 13.2. The van der Waals surface area contributed by atoms with E-state index < -0.39 is 11.5 Å². The van der Waals surface area contributed by atoms with Gasteiger partial charge < -0.3 is 15.6 Å². The first-order valence-electron chi connectivity index (χ1n) is 7.26. The summed E-state index contributed by atoms with van der Waals surface area (Å²) < 4.78 is 5.21. The Morgan fingerprint density at radius 1 is 1.59 bits per heavy atom. The second kappa shape index (κ2) is 6.77. The Morgan fingerprint density at radius 3 is 3.00 bits per heavy atom. The third kappa shape index (κ3) is 3.97. The molecule has 0 radical (unpaired) electrons. The first-order valence-corrected chi connectivity index (χ1v) is 7.26. The van der Waals surface area contributed by atoms with Gasteiger partial charge >= 0.3 is 0 Å². The van der Waals surface area contributed by atoms with Crippen LogP contribution in [0.1, 0.15) is 30.4 Å². The van der Waals surface area contributed by atoms with E-state index in [0.29, 0.717) is 30.8 Å². The molecule has 0 aliphatic carbocycles. The molecule has 0 spiro atoms. The zero-order chi connectivity index (χ0) is 16.2. The zero-order valence-corrected chi connectivity index (χ0v) is 12.7. The highest BCUT2D eigenvalue weighted by Crippen LogP contribution is 2.26. The molecule has 6 nitrogen and oxygen atoms in total. The van der Waals surface area contributed by atoms with Crippen LogP contribution in [0, 0.1) is 11.3 Å². The van der Waals surface area contributed by atoms with Crippen LogP contribution in [0.4, 0.5) is 0 Å². The van der Waals surface area contributed by atoms with Crippen LogP contribution < -0.4 is 10.5 Å². The maximum absolute atomic E-state index is 11.1. The molecular weight excluding hydrogens is 282 g/mol. The van der Waals surface area contributed by atoms with Crippen molar-refractivity contribution in [1.82, 2.24) is 4.90 Å². The van der Waals surface area contributed by atoms with Crippen molar-refractivity contribution in [2.45, 2.75) is 31.4 Å². The summed E-state index contributed by atoms with van der Waals surface area (Å²) in [6, 6.07) is 7.52. The number of nitrogens with two attached hydrogens (primary N) is 1. The van der Waals surface area contributed by atoms with Crippen LogP contribution in [0.2, 0.25) is 0 Å². The number of aliphatic hydroxyl groups is 1. The Balaban J connectivity index is 2.07. The molecule has 0 bridgehead atoms. The van der Waals surface area contributed by atoms with Gasteiger partial charge in [0.1, 0.15) is 11.8 Å². The molecule has 0 saturated carbocycles. The van der Waals surface area contributed by atoms with Gasteiger partial charge in [-0.25, -0.2) is 0 Å². The number of carbonyl (C=O) groups excluding carboxylic acids is 1. The quantitative estimate of drug-likeness (QED) is 0.837. The van der Waals surface area contributed by atoms with Gasteiger partial charge in [-0.3, -0.25) is 9.69 Å². The lowest BCUT2D eigenvalue weighted by Crippen LogP contribution is -2.49. The van der Waals surface area contributed by atoms with Crippen molar-refractivity contribution < 1.29 is 14.6 Å². The third-order valence-electron chi connectivity index (χ3n) is 3.93. The van der Waals surface area contributed by atoms with Gasteiger partial charge in [0.05, 0.1) is 24.7 Å². The molecule has 1 atom stereocenters. The van der Waals surface area contributed by atoms with Gasteiger partial charge in [0.25, 0.3) is 0 Å². The average molecular weight is 303 g/mol. The molecule has 1 aliphatic rings. The number of rotatable bonds is 5. The average Bonchev–Trinajstić information content (AvgIpc) is 2.45. The first-order chi connectivity index (χ1) is 10.5. The fourth-order valence-electron chi connectivity index (χ4n) is 2.99. The fourth-order valence-corrected chi connectivity index (χ4v) is 2.99. The molecule has 22 heavy (non-hydrogen) atoms. The summed E-state index contributed by atoms with van der Waals surface area (Å²) in [5.74, 6) is 0.0637. The van der Waals surface area contributed by atoms with Crippen LogP contribution in [0.3, 0.4) is 0 Å². The highest BCUT2D eigenvalue weighted by atomic mass is 16.5. The fraction of sp³-hybridized carbons (Fsp3) is 0.500. The van der Waals surface area contributed by atoms with Crippen LogP contribution in [0.25, 0.3) is 0 Å². The molecule has 1 fully saturated rings. The molecule has 0 aromatic heterocycles. The van der Waals surface area contributed by atoms with Crippen LogP contribution in [-0.2, 0) is 11.3 Å². The van der Waals surface area contributed by atoms with E-state index in [1.54, 1.807) is 6.07 Å². The number of piperidine rings is 1. The molecule has 1 aromatic carbocycles. The predicted molar refractivity (Wildman–Crippen MR) is 81.0 cm³/mol. The molecule has 118 valence electrons. The highest BCUT2D eigenvalue weighted by molar-refractivity contribution is 5.75. The monoisotopic (exact) mass is 303 g/mol. The van der Waals surface area contributed by atoms with Gasteiger partial charge in [-0.2, -0.15) is 5.26 Å². The number of ether oxygens (including phenoxy) is 1. The van der Waals surface area contributed by atoms with Gasteiger partial charge in [-0.05, 0) is 37.1 Å². The largest absolute Gasteiger partial charge is 0.495 e. The Hall–Kier alpha value is -2.10. The number of hydrogen-bond donors (Lipinski definition) is 2. The van der Waals surface area contributed by atoms with Crippen LogP contribution in [0.15, 0.2) is 18.2 Å². The van der Waals surface area contributed by atoms with E-state index in [9.17, 15) is 9.90 Å². The summed E-state index contributed by atoms with van der Waals surface area (Å²) in [5, 5.41) is 19.5. The predicted octanol–water partition coefficient (Wildman–Crippen LogP) is 0.769. The molecule has 1 aromatic rings. The molecular formula is C16H21N3O3. The maximum Gasteiger partial charge on any atom is 0.220 e. The SMILES string of the molecule is COc1cc(CN2CCCC(O)(CC(N)=O)C2)ccc1C#N. The number of carbonyl (C=O) groups is 1. The Bertz CT molecular complexity index is 597. The molecule has 1 saturated heterocycles. The van der Waals surface area contributed by atoms with Crippen molar-refractivity contribution in [2.24, 2.45) is 5.73 Å². The Kier molecular flexibility index (Phi) is 5.01. The molecule has 1 aliphatic heterocycles. The van der Waals surface area contributed by atoms with E-state index in [2.05, 4.69) is 11.0 Å². The van der Waals surface area contributed by atoms with E-state index in [-0.39, 0.29) is 6.42 Å². The third-order valence-corrected chi connectivity index (χ3v) is 3.93. The number of methoxy groups -OCH3 is 1. The summed E-state index contributed by atoms with van der Waals surface area (Å²) in [7, 11) is 1.53. The molecule has 3 N–H and O–H groups in total. The standard InChI is InChI=1S/C16H21N3O3/c1-22-14-7-12(3-4-13(14)9-17)10-19-6-2-5-16(21,11-19)8-15(18)20/h3-4,7,21H,2,5-6,8,10-11H2,1H3,(H2,18,20). The van der Waals surface area contributed by atoms with Gasteiger partial charge in [0, 0.05) is 13.1 Å². The summed E-state index contributed by atoms with van der Waals surface area (Å²) >= 11 is 0. The minimum absolute atomic E-state index is 0.0137. The lowest BCUT2D eigenvalue weighted by atomic mass is 9.89. The number of amides is 1. The van der Waals surface area contributed by atoms with Crippen molar-refractivity contribution in [3.8, 4) is 11.8 Å². The number of primary amides is 1. The number of benzene rings is 1. The van der Waals surface area contributed by atoms with E-state index in [4.69, 9.17) is 15.7 Å². The summed E-state index contributed by atoms with van der Waals surface area (Å²) in [6.07, 6.45) is 1.39. The lowest BCUT2D eigenvalue weighted by Gasteiger charge is -2.38. The van der Waals surface area contributed by atoms with Crippen molar-refractivity contribution in [3.63, 3.8) is 0 Å². The number of nitrogens with zero attached hydrogens (tertiary/aromatic N) is 2. The minimum Gasteiger partial charge on any atom is -0.495 e. The minimum atomic E-state index is -1.04. The van der Waals surface area contributed by atoms with E-state index >= 15 is 0 Å². The van der Waals surface area contributed by atoms with Crippen LogP contribution in [0.5, 0.6) is 5.75 Å². The van der Waals surface area contributed by atoms with E-state index in [1.807, 2.05) is 12.1 Å². The van der Waals surface area contributed by atoms with E-state index in [1.165, 1.54) is 7.11 Å². The van der Waals surface area contributed by atoms with Crippen molar-refractivity contribution in [3.05, 3.63) is 29.3 Å². The van der Waals surface area contributed by atoms with Crippen molar-refractivity contribution >= 4 is 5.91 Å².